The molecule has 0 spiro atoms. The fraction of sp³-hybridized carbons (Fsp3) is 0.400. The van der Waals surface area contributed by atoms with Crippen LogP contribution in [0.4, 0.5) is 0 Å². The van der Waals surface area contributed by atoms with Gasteiger partial charge in [0, 0.05) is 22.2 Å². The van der Waals surface area contributed by atoms with Crippen molar-refractivity contribution in [2.45, 2.75) is 32.2 Å². The predicted molar refractivity (Wildman–Crippen MR) is 74.3 cm³/mol. The van der Waals surface area contributed by atoms with Crippen molar-refractivity contribution in [3.8, 4) is 0 Å². The first-order valence-electron chi connectivity index (χ1n) is 6.57. The van der Waals surface area contributed by atoms with Crippen LogP contribution in [0.3, 0.4) is 0 Å². The molecule has 1 saturated carbocycles. The van der Waals surface area contributed by atoms with Crippen LogP contribution < -0.4 is 5.32 Å². The summed E-state index contributed by atoms with van der Waals surface area (Å²) in [5.41, 5.74) is 3.63. The van der Waals surface area contributed by atoms with Crippen molar-refractivity contribution in [1.29, 1.82) is 0 Å². The molecule has 3 rings (SSSR count). The van der Waals surface area contributed by atoms with Gasteiger partial charge in [0.15, 0.2) is 0 Å². The second-order valence-electron chi connectivity index (χ2n) is 5.53. The number of amides is 1. The Labute approximate surface area is 111 Å². The highest BCUT2D eigenvalue weighted by Crippen LogP contribution is 2.35. The normalized spacial score (nSPS) is 16.6. The number of nitrogens with one attached hydrogen (secondary N) is 2. The number of hydrogen-bond acceptors (Lipinski definition) is 2. The molecule has 0 radical (unpaired) electrons. The quantitative estimate of drug-likeness (QED) is 0.788. The number of H-pyrrole nitrogens is 1. The SMILES string of the molecule is Cc1[nH]c2ccc(C(=O)NC3(CO)CC3)cc2c1C. The van der Waals surface area contributed by atoms with Crippen molar-refractivity contribution >= 4 is 16.8 Å². The Morgan fingerprint density at radius 2 is 2.16 bits per heavy atom. The lowest BCUT2D eigenvalue weighted by atomic mass is 10.1. The number of aryl methyl sites for hydroxylation is 2. The molecule has 1 aliphatic rings. The van der Waals surface area contributed by atoms with Gasteiger partial charge in [-0.25, -0.2) is 0 Å². The highest BCUT2D eigenvalue weighted by atomic mass is 16.3. The lowest BCUT2D eigenvalue weighted by Crippen LogP contribution is -2.39. The van der Waals surface area contributed by atoms with E-state index < -0.39 is 0 Å². The highest BCUT2D eigenvalue weighted by Gasteiger charge is 2.43. The molecule has 3 N–H and O–H groups in total. The number of carbonyl (C=O) groups excluding carboxylic acids is 1. The summed E-state index contributed by atoms with van der Waals surface area (Å²) in [6.45, 7) is 4.09. The average molecular weight is 258 g/mol. The molecule has 0 saturated heterocycles. The zero-order valence-corrected chi connectivity index (χ0v) is 11.2. The fourth-order valence-corrected chi connectivity index (χ4v) is 2.39. The Kier molecular flexibility index (Phi) is 2.64. The minimum atomic E-state index is -0.366. The van der Waals surface area contributed by atoms with E-state index in [1.807, 2.05) is 32.0 Å². The number of hydrogen-bond donors (Lipinski definition) is 3. The zero-order chi connectivity index (χ0) is 13.6. The van der Waals surface area contributed by atoms with Gasteiger partial charge in [-0.05, 0) is 50.5 Å². The van der Waals surface area contributed by atoms with Gasteiger partial charge in [-0.2, -0.15) is 0 Å². The van der Waals surface area contributed by atoms with Gasteiger partial charge in [-0.1, -0.05) is 0 Å². The van der Waals surface area contributed by atoms with Crippen LogP contribution in [0.15, 0.2) is 18.2 Å². The monoisotopic (exact) mass is 258 g/mol. The molecule has 1 aromatic heterocycles. The van der Waals surface area contributed by atoms with E-state index in [4.69, 9.17) is 0 Å². The van der Waals surface area contributed by atoms with Crippen molar-refractivity contribution < 1.29 is 9.90 Å². The van der Waals surface area contributed by atoms with Gasteiger partial charge in [0.05, 0.1) is 12.1 Å². The summed E-state index contributed by atoms with van der Waals surface area (Å²) in [4.78, 5) is 15.5. The van der Waals surface area contributed by atoms with Gasteiger partial charge in [0.1, 0.15) is 0 Å². The van der Waals surface area contributed by atoms with E-state index in [1.165, 1.54) is 5.56 Å². The summed E-state index contributed by atoms with van der Waals surface area (Å²) in [6, 6.07) is 5.67. The molecule has 0 aliphatic heterocycles. The second kappa shape index (κ2) is 4.10. The van der Waals surface area contributed by atoms with E-state index in [2.05, 4.69) is 10.3 Å². The summed E-state index contributed by atoms with van der Waals surface area (Å²) in [6.07, 6.45) is 1.72. The number of aliphatic hydroxyl groups excluding tert-OH is 1. The van der Waals surface area contributed by atoms with Crippen LogP contribution in [-0.4, -0.2) is 28.1 Å². The van der Waals surface area contributed by atoms with Crippen molar-refractivity contribution in [3.63, 3.8) is 0 Å². The first kappa shape index (κ1) is 12.2. The van der Waals surface area contributed by atoms with E-state index >= 15 is 0 Å². The smallest absolute Gasteiger partial charge is 0.251 e. The van der Waals surface area contributed by atoms with Crippen LogP contribution >= 0.6 is 0 Å². The van der Waals surface area contributed by atoms with Gasteiger partial charge in [0.2, 0.25) is 0 Å². The van der Waals surface area contributed by atoms with Gasteiger partial charge >= 0.3 is 0 Å². The minimum absolute atomic E-state index is 0.0171. The molecule has 0 atom stereocenters. The van der Waals surface area contributed by atoms with Crippen LogP contribution in [0.25, 0.3) is 10.9 Å². The highest BCUT2D eigenvalue weighted by molar-refractivity contribution is 5.99. The maximum absolute atomic E-state index is 12.2. The molecule has 1 fully saturated rings. The lowest BCUT2D eigenvalue weighted by Gasteiger charge is -2.14. The number of aromatic nitrogens is 1. The Bertz CT molecular complexity index is 653. The van der Waals surface area contributed by atoms with Crippen LogP contribution in [-0.2, 0) is 0 Å². The summed E-state index contributed by atoms with van der Waals surface area (Å²) < 4.78 is 0. The van der Waals surface area contributed by atoms with E-state index in [0.29, 0.717) is 5.56 Å². The Hall–Kier alpha value is -1.81. The third-order valence-electron chi connectivity index (χ3n) is 4.11. The number of carbonyl (C=O) groups is 1. The molecular weight excluding hydrogens is 240 g/mol. The summed E-state index contributed by atoms with van der Waals surface area (Å²) >= 11 is 0. The molecule has 1 heterocycles. The Morgan fingerprint density at radius 1 is 1.42 bits per heavy atom. The largest absolute Gasteiger partial charge is 0.394 e. The van der Waals surface area contributed by atoms with Crippen molar-refractivity contribution in [1.82, 2.24) is 10.3 Å². The molecule has 0 bridgehead atoms. The van der Waals surface area contributed by atoms with Gasteiger partial charge in [-0.15, -0.1) is 0 Å². The standard InChI is InChI=1S/C15H18N2O2/c1-9-10(2)16-13-4-3-11(7-12(9)13)14(19)17-15(8-18)5-6-15/h3-4,7,16,18H,5-6,8H2,1-2H3,(H,17,19). The summed E-state index contributed by atoms with van der Waals surface area (Å²) in [7, 11) is 0. The van der Waals surface area contributed by atoms with E-state index in [-0.39, 0.29) is 18.1 Å². The van der Waals surface area contributed by atoms with E-state index in [0.717, 1.165) is 29.4 Å². The van der Waals surface area contributed by atoms with Gasteiger partial charge in [0.25, 0.3) is 5.91 Å². The Balaban J connectivity index is 1.92. The van der Waals surface area contributed by atoms with Crippen molar-refractivity contribution in [2.24, 2.45) is 0 Å². The second-order valence-corrected chi connectivity index (χ2v) is 5.53. The van der Waals surface area contributed by atoms with Crippen LogP contribution in [0, 0.1) is 13.8 Å². The molecule has 0 unspecified atom stereocenters. The molecule has 100 valence electrons. The number of aliphatic hydroxyl groups is 1. The van der Waals surface area contributed by atoms with Crippen LogP contribution in [0.2, 0.25) is 0 Å². The van der Waals surface area contributed by atoms with E-state index in [1.54, 1.807) is 0 Å². The maximum atomic E-state index is 12.2. The lowest BCUT2D eigenvalue weighted by molar-refractivity contribution is 0.0907. The number of aromatic amines is 1. The molecular formula is C15H18N2O2. The molecule has 1 amide bonds. The molecule has 2 aromatic rings. The van der Waals surface area contributed by atoms with Crippen molar-refractivity contribution in [2.75, 3.05) is 6.61 Å². The van der Waals surface area contributed by atoms with Gasteiger partial charge < -0.3 is 15.4 Å². The minimum Gasteiger partial charge on any atom is -0.394 e. The third-order valence-corrected chi connectivity index (χ3v) is 4.11. The third kappa shape index (κ3) is 2.02. The topological polar surface area (TPSA) is 65.1 Å². The molecule has 1 aromatic carbocycles. The molecule has 19 heavy (non-hydrogen) atoms. The van der Waals surface area contributed by atoms with Crippen LogP contribution in [0.1, 0.15) is 34.5 Å². The van der Waals surface area contributed by atoms with Crippen LogP contribution in [0.5, 0.6) is 0 Å². The number of fused-ring (bicyclic) bond motifs is 1. The first-order chi connectivity index (χ1) is 9.04. The van der Waals surface area contributed by atoms with Gasteiger partial charge in [-0.3, -0.25) is 4.79 Å². The van der Waals surface area contributed by atoms with E-state index in [9.17, 15) is 9.90 Å². The first-order valence-corrected chi connectivity index (χ1v) is 6.57. The summed E-state index contributed by atoms with van der Waals surface area (Å²) in [5.74, 6) is -0.105. The predicted octanol–water partition coefficient (Wildman–Crippen LogP) is 2.04. The molecule has 4 nitrogen and oxygen atoms in total. The number of benzene rings is 1. The zero-order valence-electron chi connectivity index (χ0n) is 11.2. The molecule has 4 heteroatoms. The Morgan fingerprint density at radius 3 is 2.79 bits per heavy atom. The maximum Gasteiger partial charge on any atom is 0.251 e. The summed E-state index contributed by atoms with van der Waals surface area (Å²) in [5, 5.41) is 13.3. The fourth-order valence-electron chi connectivity index (χ4n) is 2.39. The van der Waals surface area contributed by atoms with Crippen molar-refractivity contribution in [3.05, 3.63) is 35.0 Å². The number of rotatable bonds is 3. The average Bonchev–Trinajstić information content (AvgIpc) is 3.12. The molecule has 1 aliphatic carbocycles.